The first-order chi connectivity index (χ1) is 12.3. The van der Waals surface area contributed by atoms with Crippen LogP contribution < -0.4 is 0 Å². The number of carboxylic acid groups (broad SMARTS) is 2. The number of cyclic esters (lactones) is 1. The van der Waals surface area contributed by atoms with Crippen molar-refractivity contribution in [2.45, 2.75) is 52.4 Å². The number of carbonyl (C=O) groups is 3. The van der Waals surface area contributed by atoms with Gasteiger partial charge in [-0.25, -0.2) is 14.4 Å². The summed E-state index contributed by atoms with van der Waals surface area (Å²) in [5.41, 5.74) is 2.54. The summed E-state index contributed by atoms with van der Waals surface area (Å²) in [6.45, 7) is 4.18. The third kappa shape index (κ3) is 8.46. The van der Waals surface area contributed by atoms with Gasteiger partial charge in [0.25, 0.3) is 0 Å². The average Bonchev–Trinajstić information content (AvgIpc) is 2.96. The second-order valence-electron chi connectivity index (χ2n) is 6.38. The van der Waals surface area contributed by atoms with E-state index in [1.807, 2.05) is 19.9 Å². The molecule has 0 aromatic carbocycles. The summed E-state index contributed by atoms with van der Waals surface area (Å²) in [4.78, 5) is 33.6. The summed E-state index contributed by atoms with van der Waals surface area (Å²) < 4.78 is 4.80. The second-order valence-corrected chi connectivity index (χ2v) is 6.38. The Labute approximate surface area is 153 Å². The van der Waals surface area contributed by atoms with Crippen LogP contribution in [0.15, 0.2) is 46.6 Å². The van der Waals surface area contributed by atoms with Crippen LogP contribution in [-0.4, -0.2) is 34.7 Å². The molecule has 0 radical (unpaired) electrons. The first-order valence-electron chi connectivity index (χ1n) is 8.63. The van der Waals surface area contributed by atoms with E-state index in [0.29, 0.717) is 37.7 Å². The molecule has 6 nitrogen and oxygen atoms in total. The predicted molar refractivity (Wildman–Crippen MR) is 97.6 cm³/mol. The Hall–Kier alpha value is -2.63. The van der Waals surface area contributed by atoms with E-state index in [9.17, 15) is 24.6 Å². The second kappa shape index (κ2) is 11.1. The highest BCUT2D eigenvalue weighted by atomic mass is 16.5. The third-order valence-corrected chi connectivity index (χ3v) is 3.90. The molecule has 1 aliphatic heterocycles. The molecule has 6 heteroatoms. The number of hydrogen-bond donors (Lipinski definition) is 2. The fourth-order valence-corrected chi connectivity index (χ4v) is 2.50. The quantitative estimate of drug-likeness (QED) is 0.329. The first-order valence-corrected chi connectivity index (χ1v) is 8.63. The van der Waals surface area contributed by atoms with Crippen LogP contribution >= 0.6 is 0 Å². The third-order valence-electron chi connectivity index (χ3n) is 3.90. The zero-order valence-electron chi connectivity index (χ0n) is 15.3. The maximum atomic E-state index is 11.3. The standard InChI is InChI=1S/C20H26O6/c1-14(2)6-3-8-16(19(22)23)10-5-11-17(20(24)25)9-4-7-15-12-18(21)26-13-15/h6,9-10,12H,3-5,7-8,11,13H2,1-2H3,(H,22,23)(H,24,25). The first kappa shape index (κ1) is 21.4. The van der Waals surface area contributed by atoms with Gasteiger partial charge in [0.1, 0.15) is 6.61 Å². The van der Waals surface area contributed by atoms with E-state index < -0.39 is 11.9 Å². The van der Waals surface area contributed by atoms with Crippen molar-refractivity contribution in [1.29, 1.82) is 0 Å². The normalized spacial score (nSPS) is 14.7. The number of carbonyl (C=O) groups excluding carboxylic acids is 1. The van der Waals surface area contributed by atoms with Crippen molar-refractivity contribution in [1.82, 2.24) is 0 Å². The number of ether oxygens (including phenoxy) is 1. The van der Waals surface area contributed by atoms with Gasteiger partial charge in [0.2, 0.25) is 0 Å². The smallest absolute Gasteiger partial charge is 0.331 e. The number of hydrogen-bond acceptors (Lipinski definition) is 4. The molecule has 142 valence electrons. The predicted octanol–water partition coefficient (Wildman–Crippen LogP) is 3.80. The summed E-state index contributed by atoms with van der Waals surface area (Å²) in [5, 5.41) is 18.5. The molecule has 0 saturated carbocycles. The summed E-state index contributed by atoms with van der Waals surface area (Å²) in [6, 6.07) is 0. The topological polar surface area (TPSA) is 101 Å². The van der Waals surface area contributed by atoms with Gasteiger partial charge >= 0.3 is 17.9 Å². The minimum Gasteiger partial charge on any atom is -0.478 e. The molecule has 26 heavy (non-hydrogen) atoms. The monoisotopic (exact) mass is 362 g/mol. The molecule has 0 unspecified atom stereocenters. The highest BCUT2D eigenvalue weighted by Gasteiger charge is 2.13. The van der Waals surface area contributed by atoms with Crippen molar-refractivity contribution in [2.24, 2.45) is 0 Å². The fourth-order valence-electron chi connectivity index (χ4n) is 2.50. The van der Waals surface area contributed by atoms with Crippen molar-refractivity contribution in [3.05, 3.63) is 46.6 Å². The van der Waals surface area contributed by atoms with E-state index in [0.717, 1.165) is 11.1 Å². The molecule has 0 bridgehead atoms. The van der Waals surface area contributed by atoms with E-state index in [1.54, 1.807) is 12.2 Å². The molecule has 0 amide bonds. The fraction of sp³-hybridized carbons (Fsp3) is 0.450. The van der Waals surface area contributed by atoms with Crippen molar-refractivity contribution in [3.8, 4) is 0 Å². The number of rotatable bonds is 11. The zero-order chi connectivity index (χ0) is 19.5. The average molecular weight is 362 g/mol. The van der Waals surface area contributed by atoms with Gasteiger partial charge in [-0.15, -0.1) is 0 Å². The van der Waals surface area contributed by atoms with Crippen molar-refractivity contribution < 1.29 is 29.3 Å². The molecule has 0 aromatic rings. The van der Waals surface area contributed by atoms with Gasteiger partial charge in [-0.2, -0.15) is 0 Å². The molecule has 0 spiro atoms. The lowest BCUT2D eigenvalue weighted by Gasteiger charge is -2.04. The molecule has 0 aliphatic carbocycles. The van der Waals surface area contributed by atoms with Gasteiger partial charge in [-0.1, -0.05) is 23.8 Å². The lowest BCUT2D eigenvalue weighted by Crippen LogP contribution is -2.03. The lowest BCUT2D eigenvalue weighted by atomic mass is 10.0. The molecule has 0 fully saturated rings. The zero-order valence-corrected chi connectivity index (χ0v) is 15.3. The number of aliphatic carboxylic acids is 2. The van der Waals surface area contributed by atoms with Crippen LogP contribution in [0.1, 0.15) is 52.4 Å². The number of allylic oxidation sites excluding steroid dienone is 4. The van der Waals surface area contributed by atoms with Crippen LogP contribution in [0.4, 0.5) is 0 Å². The van der Waals surface area contributed by atoms with E-state index in [4.69, 9.17) is 4.74 Å². The summed E-state index contributed by atoms with van der Waals surface area (Å²) >= 11 is 0. The lowest BCUT2D eigenvalue weighted by molar-refractivity contribution is -0.135. The van der Waals surface area contributed by atoms with Gasteiger partial charge < -0.3 is 14.9 Å². The van der Waals surface area contributed by atoms with Crippen molar-refractivity contribution in [3.63, 3.8) is 0 Å². The Morgan fingerprint density at radius 3 is 2.00 bits per heavy atom. The van der Waals surface area contributed by atoms with E-state index in [2.05, 4.69) is 0 Å². The van der Waals surface area contributed by atoms with Gasteiger partial charge in [0, 0.05) is 17.2 Å². The Morgan fingerprint density at radius 2 is 1.54 bits per heavy atom. The molecule has 1 heterocycles. The minimum absolute atomic E-state index is 0.251. The SMILES string of the molecule is CC(C)=CCCC(=CCCC(=CCCC1=CC(=O)OC1)C(=O)O)C(=O)O. The highest BCUT2D eigenvalue weighted by molar-refractivity contribution is 5.87. The molecular formula is C20H26O6. The van der Waals surface area contributed by atoms with Crippen molar-refractivity contribution in [2.75, 3.05) is 6.61 Å². The van der Waals surface area contributed by atoms with Crippen LogP contribution in [0, 0.1) is 0 Å². The molecule has 1 aliphatic rings. The molecule has 0 saturated heterocycles. The molecule has 2 N–H and O–H groups in total. The van der Waals surface area contributed by atoms with Crippen LogP contribution in [0.5, 0.6) is 0 Å². The maximum absolute atomic E-state index is 11.3. The van der Waals surface area contributed by atoms with Gasteiger partial charge in [-0.05, 0) is 57.9 Å². The minimum atomic E-state index is -1.01. The molecular weight excluding hydrogens is 336 g/mol. The van der Waals surface area contributed by atoms with Crippen LogP contribution in [0.3, 0.4) is 0 Å². The Balaban J connectivity index is 2.57. The van der Waals surface area contributed by atoms with Gasteiger partial charge in [0.05, 0.1) is 0 Å². The van der Waals surface area contributed by atoms with Gasteiger partial charge in [0.15, 0.2) is 0 Å². The molecule has 0 atom stereocenters. The van der Waals surface area contributed by atoms with Crippen LogP contribution in [0.2, 0.25) is 0 Å². The number of esters is 1. The van der Waals surface area contributed by atoms with E-state index in [1.165, 1.54) is 6.08 Å². The largest absolute Gasteiger partial charge is 0.478 e. The summed E-state index contributed by atoms with van der Waals surface area (Å²) in [7, 11) is 0. The maximum Gasteiger partial charge on any atom is 0.331 e. The Kier molecular flexibility index (Phi) is 9.12. The summed E-state index contributed by atoms with van der Waals surface area (Å²) in [5.74, 6) is -2.33. The Bertz CT molecular complexity index is 660. The van der Waals surface area contributed by atoms with Crippen LogP contribution in [-0.2, 0) is 19.1 Å². The highest BCUT2D eigenvalue weighted by Crippen LogP contribution is 2.16. The number of carboxylic acids is 2. The van der Waals surface area contributed by atoms with Crippen LogP contribution in [0.25, 0.3) is 0 Å². The summed E-state index contributed by atoms with van der Waals surface area (Å²) in [6.07, 6.45) is 9.41. The molecule has 0 aromatic heterocycles. The van der Waals surface area contributed by atoms with E-state index >= 15 is 0 Å². The Morgan fingerprint density at radius 1 is 1.00 bits per heavy atom. The van der Waals surface area contributed by atoms with Gasteiger partial charge in [-0.3, -0.25) is 0 Å². The van der Waals surface area contributed by atoms with Crippen molar-refractivity contribution >= 4 is 17.9 Å². The molecule has 1 rings (SSSR count). The van der Waals surface area contributed by atoms with E-state index in [-0.39, 0.29) is 24.6 Å².